The molecule has 0 aliphatic heterocycles. The molecule has 0 aromatic heterocycles. The molecule has 0 saturated carbocycles. The van der Waals surface area contributed by atoms with Crippen molar-refractivity contribution in [1.29, 1.82) is 0 Å². The molecule has 0 aliphatic rings. The van der Waals surface area contributed by atoms with Crippen LogP contribution in [0.4, 0.5) is 0 Å². The Balaban J connectivity index is 4.61. The van der Waals surface area contributed by atoms with E-state index in [-0.39, 0.29) is 11.5 Å². The number of nitrogens with one attached hydrogen (secondary N) is 3. The molecule has 0 aromatic rings. The van der Waals surface area contributed by atoms with Gasteiger partial charge in [0, 0.05) is 11.5 Å². The van der Waals surface area contributed by atoms with E-state index in [4.69, 9.17) is 10.8 Å². The first-order valence-corrected chi connectivity index (χ1v) is 8.01. The summed E-state index contributed by atoms with van der Waals surface area (Å²) in [7, 11) is 0. The van der Waals surface area contributed by atoms with E-state index >= 15 is 0 Å². The van der Waals surface area contributed by atoms with Crippen LogP contribution in [0, 0.1) is 0 Å². The number of carboxylic acids is 1. The molecule has 9 nitrogen and oxygen atoms in total. The second-order valence-corrected chi connectivity index (χ2v) is 5.56. The molecular weight excluding hydrogens is 344 g/mol. The lowest BCUT2D eigenvalue weighted by molar-refractivity contribution is -0.141. The number of aliphatic carboxylic acids is 1. The third-order valence-corrected chi connectivity index (χ3v) is 3.59. The number of rotatable bonds is 9. The summed E-state index contributed by atoms with van der Waals surface area (Å²) in [4.78, 5) is 46.1. The normalized spacial score (nSPS) is 15.7. The molecule has 11 heteroatoms. The number of amides is 3. The number of carbonyl (C=O) groups is 4. The van der Waals surface area contributed by atoms with Gasteiger partial charge in [-0.3, -0.25) is 19.2 Å². The minimum Gasteiger partial charge on any atom is -0.480 e. The second-order valence-electron chi connectivity index (χ2n) is 4.83. The zero-order valence-electron chi connectivity index (χ0n) is 12.8. The van der Waals surface area contributed by atoms with Crippen LogP contribution in [0.1, 0.15) is 13.8 Å². The predicted octanol–water partition coefficient (Wildman–Crippen LogP) is -2.25. The smallest absolute Gasteiger partial charge is 0.325 e. The molecule has 4 atom stereocenters. The van der Waals surface area contributed by atoms with Crippen LogP contribution in [0.3, 0.4) is 0 Å². The molecule has 0 spiro atoms. The number of thiol groups is 2. The number of carboxylic acid groups (broad SMARTS) is 1. The monoisotopic (exact) mass is 366 g/mol. The van der Waals surface area contributed by atoms with Crippen LogP contribution in [0.25, 0.3) is 0 Å². The van der Waals surface area contributed by atoms with E-state index in [2.05, 4.69) is 41.2 Å². The van der Waals surface area contributed by atoms with Gasteiger partial charge in [0.2, 0.25) is 17.7 Å². The maximum absolute atomic E-state index is 12.0. The van der Waals surface area contributed by atoms with Crippen LogP contribution < -0.4 is 21.7 Å². The molecule has 0 radical (unpaired) electrons. The van der Waals surface area contributed by atoms with Gasteiger partial charge in [-0.2, -0.15) is 25.3 Å². The van der Waals surface area contributed by atoms with Crippen molar-refractivity contribution < 1.29 is 24.3 Å². The zero-order valence-corrected chi connectivity index (χ0v) is 14.6. The van der Waals surface area contributed by atoms with Gasteiger partial charge < -0.3 is 26.8 Å². The Morgan fingerprint density at radius 1 is 0.913 bits per heavy atom. The van der Waals surface area contributed by atoms with Crippen LogP contribution in [-0.2, 0) is 19.2 Å². The van der Waals surface area contributed by atoms with Crippen molar-refractivity contribution in [2.24, 2.45) is 5.73 Å². The summed E-state index contributed by atoms with van der Waals surface area (Å²) < 4.78 is 0. The van der Waals surface area contributed by atoms with E-state index < -0.39 is 47.9 Å². The lowest BCUT2D eigenvalue weighted by atomic mass is 10.2. The van der Waals surface area contributed by atoms with E-state index in [0.29, 0.717) is 0 Å². The summed E-state index contributed by atoms with van der Waals surface area (Å²) in [6.07, 6.45) is 0. The zero-order chi connectivity index (χ0) is 18.2. The second kappa shape index (κ2) is 10.3. The van der Waals surface area contributed by atoms with Gasteiger partial charge in [0.1, 0.15) is 18.1 Å². The van der Waals surface area contributed by atoms with E-state index in [0.717, 1.165) is 0 Å². The van der Waals surface area contributed by atoms with Crippen molar-refractivity contribution >= 4 is 48.9 Å². The fourth-order valence-electron chi connectivity index (χ4n) is 1.34. The maximum Gasteiger partial charge on any atom is 0.325 e. The molecule has 0 rings (SSSR count). The van der Waals surface area contributed by atoms with Crippen LogP contribution in [-0.4, -0.2) is 64.5 Å². The lowest BCUT2D eigenvalue weighted by Gasteiger charge is -2.21. The largest absolute Gasteiger partial charge is 0.480 e. The Kier molecular flexibility index (Phi) is 9.68. The first-order chi connectivity index (χ1) is 10.6. The number of nitrogens with two attached hydrogens (primary N) is 1. The molecule has 3 amide bonds. The van der Waals surface area contributed by atoms with E-state index in [1.165, 1.54) is 13.8 Å². The third kappa shape index (κ3) is 7.57. The van der Waals surface area contributed by atoms with Crippen LogP contribution in [0.15, 0.2) is 0 Å². The standard InChI is InChI=1S/C12H22N4O5S2/c1-5(14-10(18)7(13)3-22)9(17)16-8(4-23)11(19)15-6(2)12(20)21/h5-8,22-23H,3-4,13H2,1-2H3,(H,14,18)(H,15,19)(H,16,17)(H,20,21). The summed E-state index contributed by atoms with van der Waals surface area (Å²) in [6.45, 7) is 2.71. The highest BCUT2D eigenvalue weighted by Crippen LogP contribution is 1.94. The van der Waals surface area contributed by atoms with Crippen LogP contribution in [0.2, 0.25) is 0 Å². The summed E-state index contributed by atoms with van der Waals surface area (Å²) in [6, 6.07) is -3.92. The SMILES string of the molecule is CC(NC(=O)C(CS)NC(=O)C(C)NC(=O)C(N)CS)C(=O)O. The molecule has 23 heavy (non-hydrogen) atoms. The molecule has 0 fully saturated rings. The van der Waals surface area contributed by atoms with Crippen molar-refractivity contribution in [2.45, 2.75) is 38.0 Å². The summed E-state index contributed by atoms with van der Waals surface area (Å²) >= 11 is 7.83. The van der Waals surface area contributed by atoms with Gasteiger partial charge in [0.25, 0.3) is 0 Å². The number of carbonyl (C=O) groups excluding carboxylic acids is 3. The fourth-order valence-corrected chi connectivity index (χ4v) is 1.76. The van der Waals surface area contributed by atoms with Crippen molar-refractivity contribution in [3.8, 4) is 0 Å². The quantitative estimate of drug-likeness (QED) is 0.229. The first kappa shape index (κ1) is 21.5. The van der Waals surface area contributed by atoms with Crippen molar-refractivity contribution in [1.82, 2.24) is 16.0 Å². The van der Waals surface area contributed by atoms with Gasteiger partial charge in [0.05, 0.1) is 6.04 Å². The van der Waals surface area contributed by atoms with Gasteiger partial charge in [-0.15, -0.1) is 0 Å². The van der Waals surface area contributed by atoms with E-state index in [9.17, 15) is 19.2 Å². The van der Waals surface area contributed by atoms with Gasteiger partial charge >= 0.3 is 5.97 Å². The topological polar surface area (TPSA) is 151 Å². The number of hydrogen-bond donors (Lipinski definition) is 7. The molecule has 0 heterocycles. The molecule has 0 aliphatic carbocycles. The molecule has 0 saturated heterocycles. The molecule has 6 N–H and O–H groups in total. The van der Waals surface area contributed by atoms with Crippen LogP contribution >= 0.6 is 25.3 Å². The van der Waals surface area contributed by atoms with Crippen molar-refractivity contribution in [2.75, 3.05) is 11.5 Å². The first-order valence-electron chi connectivity index (χ1n) is 6.75. The summed E-state index contributed by atoms with van der Waals surface area (Å²) in [5.74, 6) is -2.98. The van der Waals surface area contributed by atoms with E-state index in [1.54, 1.807) is 0 Å². The van der Waals surface area contributed by atoms with E-state index in [1.807, 2.05) is 0 Å². The molecule has 0 bridgehead atoms. The molecular formula is C12H22N4O5S2. The highest BCUT2D eigenvalue weighted by molar-refractivity contribution is 7.80. The van der Waals surface area contributed by atoms with Gasteiger partial charge in [-0.1, -0.05) is 0 Å². The molecule has 132 valence electrons. The Morgan fingerprint density at radius 3 is 1.87 bits per heavy atom. The highest BCUT2D eigenvalue weighted by Gasteiger charge is 2.26. The Bertz CT molecular complexity index is 463. The Labute approximate surface area is 144 Å². The number of hydrogen-bond acceptors (Lipinski definition) is 7. The Hall–Kier alpha value is -1.46. The fraction of sp³-hybridized carbons (Fsp3) is 0.667. The lowest BCUT2D eigenvalue weighted by Crippen LogP contribution is -2.56. The molecule has 4 unspecified atom stereocenters. The van der Waals surface area contributed by atoms with Crippen molar-refractivity contribution in [3.05, 3.63) is 0 Å². The predicted molar refractivity (Wildman–Crippen MR) is 90.5 cm³/mol. The van der Waals surface area contributed by atoms with Crippen molar-refractivity contribution in [3.63, 3.8) is 0 Å². The minimum atomic E-state index is -1.20. The van der Waals surface area contributed by atoms with Gasteiger partial charge in [-0.25, -0.2) is 0 Å². The van der Waals surface area contributed by atoms with Gasteiger partial charge in [-0.05, 0) is 13.8 Å². The minimum absolute atomic E-state index is 0.0409. The highest BCUT2D eigenvalue weighted by atomic mass is 32.1. The Morgan fingerprint density at radius 2 is 1.43 bits per heavy atom. The average molecular weight is 366 g/mol. The average Bonchev–Trinajstić information content (AvgIpc) is 2.50. The van der Waals surface area contributed by atoms with Gasteiger partial charge in [0.15, 0.2) is 0 Å². The van der Waals surface area contributed by atoms with Crippen LogP contribution in [0.5, 0.6) is 0 Å². The molecule has 0 aromatic carbocycles. The summed E-state index contributed by atoms with van der Waals surface area (Å²) in [5.41, 5.74) is 5.47. The summed E-state index contributed by atoms with van der Waals surface area (Å²) in [5, 5.41) is 15.7. The maximum atomic E-state index is 12.0. The third-order valence-electron chi connectivity index (χ3n) is 2.83.